The smallest absolute Gasteiger partial charge is 0.301 e. The number of carbonyl (C=O) groups excluding carboxylic acids is 2. The van der Waals surface area contributed by atoms with E-state index in [0.29, 0.717) is 58.3 Å². The zero-order chi connectivity index (χ0) is 28.3. The lowest BCUT2D eigenvalue weighted by Crippen LogP contribution is -2.29. The fourth-order valence-corrected chi connectivity index (χ4v) is 6.53. The van der Waals surface area contributed by atoms with Gasteiger partial charge in [0.05, 0.1) is 18.2 Å². The first kappa shape index (κ1) is 26.9. The number of Topliss-reactive ketones (excluding diaryl/α,β-unsaturated/α-hetero) is 1. The van der Waals surface area contributed by atoms with E-state index < -0.39 is 17.7 Å². The number of nitrogens with zero attached hydrogens (tertiary/aromatic N) is 3. The normalized spacial score (nSPS) is 17.6. The minimum Gasteiger partial charge on any atom is -0.507 e. The zero-order valence-corrected chi connectivity index (χ0v) is 23.6. The Bertz CT molecular complexity index is 1640. The van der Waals surface area contributed by atoms with Crippen LogP contribution in [0.15, 0.2) is 82.7 Å². The van der Waals surface area contributed by atoms with Crippen LogP contribution in [-0.4, -0.2) is 46.8 Å². The molecule has 0 aliphatic carbocycles. The monoisotopic (exact) mass is 587 g/mol. The summed E-state index contributed by atoms with van der Waals surface area (Å²) >= 11 is 2.71. The highest BCUT2D eigenvalue weighted by Crippen LogP contribution is 2.45. The lowest BCUT2D eigenvalue weighted by atomic mass is 9.95. The Morgan fingerprint density at radius 1 is 1.02 bits per heavy atom. The standard InChI is InChI=1S/C30H25N3O6S2/c1-2-37-21-10-6-9-19(15-21)25-24(26(34)20-11-12-22-23(16-20)39-14-13-38-22)27(35)28(36)33(25)29-31-32-30(41-29)40-17-18-7-4-3-5-8-18/h3-12,15-16,25,34H,2,13-14,17H2,1H3/t25-/m0/s1. The molecule has 1 amide bonds. The van der Waals surface area contributed by atoms with Gasteiger partial charge in [0.1, 0.15) is 24.7 Å². The first-order chi connectivity index (χ1) is 20.0. The predicted molar refractivity (Wildman–Crippen MR) is 156 cm³/mol. The van der Waals surface area contributed by atoms with Crippen molar-refractivity contribution >= 4 is 45.7 Å². The lowest BCUT2D eigenvalue weighted by Gasteiger charge is -2.23. The van der Waals surface area contributed by atoms with Crippen LogP contribution in [0.25, 0.3) is 5.76 Å². The first-order valence-corrected chi connectivity index (χ1v) is 14.8. The maximum absolute atomic E-state index is 13.6. The molecule has 9 nitrogen and oxygen atoms in total. The van der Waals surface area contributed by atoms with Gasteiger partial charge >= 0.3 is 5.91 Å². The second kappa shape index (κ2) is 11.6. The van der Waals surface area contributed by atoms with Crippen molar-refractivity contribution in [2.45, 2.75) is 23.1 Å². The summed E-state index contributed by atoms with van der Waals surface area (Å²) in [6, 6.07) is 21.0. The molecular weight excluding hydrogens is 562 g/mol. The number of carbonyl (C=O) groups is 2. The Kier molecular flexibility index (Phi) is 7.62. The van der Waals surface area contributed by atoms with E-state index in [1.54, 1.807) is 42.5 Å². The average molecular weight is 588 g/mol. The molecule has 3 heterocycles. The van der Waals surface area contributed by atoms with Crippen LogP contribution in [0.4, 0.5) is 5.13 Å². The quantitative estimate of drug-likeness (QED) is 0.0922. The van der Waals surface area contributed by atoms with Gasteiger partial charge in [0.15, 0.2) is 15.8 Å². The Morgan fingerprint density at radius 2 is 1.83 bits per heavy atom. The van der Waals surface area contributed by atoms with Gasteiger partial charge in [-0.3, -0.25) is 14.5 Å². The van der Waals surface area contributed by atoms with Crippen molar-refractivity contribution in [3.8, 4) is 17.2 Å². The van der Waals surface area contributed by atoms with Crippen LogP contribution in [0.2, 0.25) is 0 Å². The Hall–Kier alpha value is -4.35. The van der Waals surface area contributed by atoms with Gasteiger partial charge in [-0.2, -0.15) is 0 Å². The Labute approximate surface area is 244 Å². The third-order valence-electron chi connectivity index (χ3n) is 6.55. The van der Waals surface area contributed by atoms with Crippen LogP contribution in [0.5, 0.6) is 17.2 Å². The molecule has 0 saturated carbocycles. The summed E-state index contributed by atoms with van der Waals surface area (Å²) in [6.07, 6.45) is 0. The van der Waals surface area contributed by atoms with Gasteiger partial charge < -0.3 is 19.3 Å². The van der Waals surface area contributed by atoms with Gasteiger partial charge in [0.2, 0.25) is 5.13 Å². The largest absolute Gasteiger partial charge is 0.507 e. The van der Waals surface area contributed by atoms with Gasteiger partial charge in [0.25, 0.3) is 5.78 Å². The van der Waals surface area contributed by atoms with Crippen LogP contribution < -0.4 is 19.1 Å². The highest BCUT2D eigenvalue weighted by molar-refractivity contribution is 8.00. The number of ketones is 1. The van der Waals surface area contributed by atoms with E-state index in [9.17, 15) is 14.7 Å². The number of hydrogen-bond acceptors (Lipinski definition) is 10. The molecule has 1 aromatic heterocycles. The van der Waals surface area contributed by atoms with Crippen LogP contribution in [0.1, 0.15) is 29.7 Å². The molecule has 0 unspecified atom stereocenters. The molecule has 41 heavy (non-hydrogen) atoms. The van der Waals surface area contributed by atoms with Gasteiger partial charge in [0, 0.05) is 11.3 Å². The van der Waals surface area contributed by atoms with E-state index in [2.05, 4.69) is 10.2 Å². The van der Waals surface area contributed by atoms with Crippen LogP contribution in [-0.2, 0) is 15.3 Å². The molecule has 0 radical (unpaired) electrons. The van der Waals surface area contributed by atoms with Crippen molar-refractivity contribution in [3.63, 3.8) is 0 Å². The van der Waals surface area contributed by atoms with Crippen molar-refractivity contribution < 1.29 is 28.9 Å². The molecule has 2 aliphatic rings. The Balaban J connectivity index is 1.41. The molecule has 0 spiro atoms. The molecule has 2 aliphatic heterocycles. The zero-order valence-electron chi connectivity index (χ0n) is 22.0. The summed E-state index contributed by atoms with van der Waals surface area (Å²) in [5.74, 6) is 0.309. The first-order valence-electron chi connectivity index (χ1n) is 13.0. The van der Waals surface area contributed by atoms with Crippen molar-refractivity contribution in [2.24, 2.45) is 0 Å². The van der Waals surface area contributed by atoms with Crippen LogP contribution in [0.3, 0.4) is 0 Å². The average Bonchev–Trinajstić information content (AvgIpc) is 3.58. The second-order valence-corrected chi connectivity index (χ2v) is 11.3. The summed E-state index contributed by atoms with van der Waals surface area (Å²) in [5.41, 5.74) is 1.98. The highest BCUT2D eigenvalue weighted by atomic mass is 32.2. The summed E-state index contributed by atoms with van der Waals surface area (Å²) in [6.45, 7) is 3.11. The summed E-state index contributed by atoms with van der Waals surface area (Å²) < 4.78 is 17.6. The third kappa shape index (κ3) is 5.38. The summed E-state index contributed by atoms with van der Waals surface area (Å²) in [7, 11) is 0. The number of amides is 1. The molecular formula is C30H25N3O6S2. The maximum atomic E-state index is 13.6. The molecule has 3 aromatic carbocycles. The van der Waals surface area contributed by atoms with Gasteiger partial charge in [-0.25, -0.2) is 0 Å². The lowest BCUT2D eigenvalue weighted by molar-refractivity contribution is -0.132. The second-order valence-electron chi connectivity index (χ2n) is 9.16. The van der Waals surface area contributed by atoms with Gasteiger partial charge in [-0.1, -0.05) is 65.6 Å². The third-order valence-corrected chi connectivity index (χ3v) is 8.68. The fourth-order valence-electron chi connectivity index (χ4n) is 4.71. The Morgan fingerprint density at radius 3 is 2.63 bits per heavy atom. The van der Waals surface area contributed by atoms with Crippen LogP contribution >= 0.6 is 23.1 Å². The minimum absolute atomic E-state index is 0.0611. The van der Waals surface area contributed by atoms with E-state index in [1.165, 1.54) is 28.0 Å². The number of thioether (sulfide) groups is 1. The molecule has 4 aromatic rings. The molecule has 11 heteroatoms. The summed E-state index contributed by atoms with van der Waals surface area (Å²) in [5, 5.41) is 20.3. The number of aliphatic hydroxyl groups excluding tert-OH is 1. The number of benzene rings is 3. The number of hydrogen-bond donors (Lipinski definition) is 1. The van der Waals surface area contributed by atoms with Crippen LogP contribution in [0, 0.1) is 0 Å². The molecule has 1 N–H and O–H groups in total. The van der Waals surface area contributed by atoms with Crippen molar-refractivity contribution in [1.82, 2.24) is 10.2 Å². The van der Waals surface area contributed by atoms with E-state index in [1.807, 2.05) is 37.3 Å². The SMILES string of the molecule is CCOc1cccc([C@H]2C(=C(O)c3ccc4c(c3)OCCO4)C(=O)C(=O)N2c2nnc(SCc3ccccc3)s2)c1. The molecule has 6 rings (SSSR count). The van der Waals surface area contributed by atoms with Gasteiger partial charge in [-0.15, -0.1) is 10.2 Å². The van der Waals surface area contributed by atoms with Gasteiger partial charge in [-0.05, 0) is 48.4 Å². The molecule has 0 bridgehead atoms. The maximum Gasteiger partial charge on any atom is 0.301 e. The number of aromatic nitrogens is 2. The van der Waals surface area contributed by atoms with E-state index in [-0.39, 0.29) is 16.5 Å². The fraction of sp³-hybridized carbons (Fsp3) is 0.200. The number of anilines is 1. The molecule has 1 fully saturated rings. The number of ether oxygens (including phenoxy) is 3. The summed E-state index contributed by atoms with van der Waals surface area (Å²) in [4.78, 5) is 28.4. The predicted octanol–water partition coefficient (Wildman–Crippen LogP) is 5.63. The number of rotatable bonds is 8. The molecule has 208 valence electrons. The van der Waals surface area contributed by atoms with E-state index in [4.69, 9.17) is 14.2 Å². The number of fused-ring (bicyclic) bond motifs is 1. The topological polar surface area (TPSA) is 111 Å². The van der Waals surface area contributed by atoms with Crippen molar-refractivity contribution in [3.05, 3.63) is 95.1 Å². The molecule has 1 saturated heterocycles. The molecule has 1 atom stereocenters. The van der Waals surface area contributed by atoms with Crippen molar-refractivity contribution in [2.75, 3.05) is 24.7 Å². The van der Waals surface area contributed by atoms with E-state index in [0.717, 1.165) is 5.56 Å². The number of aliphatic hydroxyl groups is 1. The highest BCUT2D eigenvalue weighted by Gasteiger charge is 2.48. The van der Waals surface area contributed by atoms with E-state index >= 15 is 0 Å². The minimum atomic E-state index is -0.955. The van der Waals surface area contributed by atoms with Crippen molar-refractivity contribution in [1.29, 1.82) is 0 Å².